The highest BCUT2D eigenvalue weighted by atomic mass is 35.5. The van der Waals surface area contributed by atoms with E-state index >= 15 is 0 Å². The van der Waals surface area contributed by atoms with Crippen LogP contribution in [0.1, 0.15) is 48.3 Å². The van der Waals surface area contributed by atoms with Crippen LogP contribution in [0.2, 0.25) is 10.0 Å². The van der Waals surface area contributed by atoms with E-state index in [4.69, 9.17) is 23.2 Å². The van der Waals surface area contributed by atoms with Gasteiger partial charge in [0, 0.05) is 21.1 Å². The van der Waals surface area contributed by atoms with Gasteiger partial charge in [-0.05, 0) is 85.0 Å². The van der Waals surface area contributed by atoms with Crippen LogP contribution in [0, 0.1) is 0 Å². The molecule has 2 aliphatic carbocycles. The SMILES string of the molecule is O=C(O)C1(Nc2cccc(Cl)c2)CCC2(CC1)c1ccccc1C[C@H]2c1cccc(Cl)c1. The molecule has 1 atom stereocenters. The van der Waals surface area contributed by atoms with E-state index in [0.717, 1.165) is 30.0 Å². The van der Waals surface area contributed by atoms with Crippen LogP contribution in [0.4, 0.5) is 5.69 Å². The van der Waals surface area contributed by atoms with Crippen molar-refractivity contribution in [3.63, 3.8) is 0 Å². The van der Waals surface area contributed by atoms with Crippen molar-refractivity contribution in [3.8, 4) is 0 Å². The van der Waals surface area contributed by atoms with Crippen molar-refractivity contribution < 1.29 is 9.90 Å². The van der Waals surface area contributed by atoms with Gasteiger partial charge in [0.1, 0.15) is 5.54 Å². The summed E-state index contributed by atoms with van der Waals surface area (Å²) in [5.41, 5.74) is 3.62. The highest BCUT2D eigenvalue weighted by Gasteiger charge is 2.54. The van der Waals surface area contributed by atoms with Crippen molar-refractivity contribution in [2.75, 3.05) is 5.32 Å². The minimum atomic E-state index is -1.01. The lowest BCUT2D eigenvalue weighted by Gasteiger charge is -2.47. The molecule has 0 radical (unpaired) electrons. The second-order valence-electron chi connectivity index (χ2n) is 9.15. The van der Waals surface area contributed by atoms with E-state index < -0.39 is 11.5 Å². The van der Waals surface area contributed by atoms with Crippen molar-refractivity contribution in [3.05, 3.63) is 99.5 Å². The molecule has 1 spiro atoms. The van der Waals surface area contributed by atoms with E-state index in [0.29, 0.717) is 17.9 Å². The first-order valence-electron chi connectivity index (χ1n) is 11.0. The van der Waals surface area contributed by atoms with Crippen LogP contribution in [-0.4, -0.2) is 16.6 Å². The van der Waals surface area contributed by atoms with Gasteiger partial charge in [-0.25, -0.2) is 4.79 Å². The predicted molar refractivity (Wildman–Crippen MR) is 130 cm³/mol. The lowest BCUT2D eigenvalue weighted by molar-refractivity contribution is -0.144. The fourth-order valence-electron chi connectivity index (χ4n) is 5.92. The van der Waals surface area contributed by atoms with Crippen LogP contribution >= 0.6 is 23.2 Å². The predicted octanol–water partition coefficient (Wildman–Crippen LogP) is 7.08. The van der Waals surface area contributed by atoms with Gasteiger partial charge in [0.25, 0.3) is 0 Å². The van der Waals surface area contributed by atoms with E-state index in [1.807, 2.05) is 24.3 Å². The summed E-state index contributed by atoms with van der Waals surface area (Å²) in [5.74, 6) is -0.519. The number of carbonyl (C=O) groups is 1. The van der Waals surface area contributed by atoms with Crippen molar-refractivity contribution >= 4 is 34.9 Å². The third-order valence-corrected chi connectivity index (χ3v) is 7.98. The molecule has 3 aromatic carbocycles. The normalized spacial score (nSPS) is 26.6. The third kappa shape index (κ3) is 3.58. The van der Waals surface area contributed by atoms with Crippen LogP contribution in [0.3, 0.4) is 0 Å². The zero-order valence-corrected chi connectivity index (χ0v) is 19.2. The second kappa shape index (κ2) is 8.13. The minimum Gasteiger partial charge on any atom is -0.480 e. The summed E-state index contributed by atoms with van der Waals surface area (Å²) in [6.07, 6.45) is 3.63. The van der Waals surface area contributed by atoms with E-state index in [-0.39, 0.29) is 11.3 Å². The van der Waals surface area contributed by atoms with Gasteiger partial charge in [-0.3, -0.25) is 0 Å². The summed E-state index contributed by atoms with van der Waals surface area (Å²) in [6.45, 7) is 0. The van der Waals surface area contributed by atoms with Gasteiger partial charge in [-0.1, -0.05) is 65.7 Å². The lowest BCUT2D eigenvalue weighted by atomic mass is 9.59. The molecular formula is C27H25Cl2NO2. The number of carboxylic acid groups (broad SMARTS) is 1. The average Bonchev–Trinajstić information content (AvgIpc) is 3.10. The van der Waals surface area contributed by atoms with Crippen LogP contribution < -0.4 is 5.32 Å². The smallest absolute Gasteiger partial charge is 0.329 e. The van der Waals surface area contributed by atoms with Gasteiger partial charge in [0.15, 0.2) is 0 Å². The number of anilines is 1. The van der Waals surface area contributed by atoms with E-state index in [1.54, 1.807) is 12.1 Å². The summed E-state index contributed by atoms with van der Waals surface area (Å²) in [7, 11) is 0. The summed E-state index contributed by atoms with van der Waals surface area (Å²) >= 11 is 12.5. The van der Waals surface area contributed by atoms with Crippen molar-refractivity contribution in [2.24, 2.45) is 0 Å². The number of fused-ring (bicyclic) bond motifs is 2. The number of hydrogen-bond acceptors (Lipinski definition) is 2. The number of halogens is 2. The number of rotatable bonds is 4. The summed E-state index contributed by atoms with van der Waals surface area (Å²) in [6, 6.07) is 24.1. The minimum absolute atomic E-state index is 0.0871. The Hall–Kier alpha value is -2.49. The molecule has 3 nitrogen and oxygen atoms in total. The first-order chi connectivity index (χ1) is 15.4. The number of benzene rings is 3. The van der Waals surface area contributed by atoms with E-state index in [9.17, 15) is 9.90 Å². The quantitative estimate of drug-likeness (QED) is 0.432. The Morgan fingerprint density at radius 3 is 2.25 bits per heavy atom. The number of aliphatic carboxylic acids is 1. The summed E-state index contributed by atoms with van der Waals surface area (Å²) in [4.78, 5) is 12.5. The molecule has 1 saturated carbocycles. The molecule has 2 aliphatic rings. The molecule has 0 aliphatic heterocycles. The molecule has 3 aromatic rings. The molecule has 0 heterocycles. The first-order valence-corrected chi connectivity index (χ1v) is 11.8. The molecule has 0 amide bonds. The second-order valence-corrected chi connectivity index (χ2v) is 10.0. The molecular weight excluding hydrogens is 441 g/mol. The van der Waals surface area contributed by atoms with Crippen molar-refractivity contribution in [1.82, 2.24) is 0 Å². The molecule has 1 fully saturated rings. The topological polar surface area (TPSA) is 49.3 Å². The molecule has 32 heavy (non-hydrogen) atoms. The highest BCUT2D eigenvalue weighted by molar-refractivity contribution is 6.31. The van der Waals surface area contributed by atoms with E-state index in [2.05, 4.69) is 41.7 Å². The zero-order chi connectivity index (χ0) is 22.3. The first kappa shape index (κ1) is 21.4. The van der Waals surface area contributed by atoms with Gasteiger partial charge < -0.3 is 10.4 Å². The fourth-order valence-corrected chi connectivity index (χ4v) is 6.31. The van der Waals surface area contributed by atoms with Crippen LogP contribution in [0.25, 0.3) is 0 Å². The molecule has 2 N–H and O–H groups in total. The summed E-state index contributed by atoms with van der Waals surface area (Å²) in [5, 5.41) is 14.9. The maximum atomic E-state index is 12.5. The molecule has 0 aromatic heterocycles. The Balaban J connectivity index is 1.51. The Morgan fingerprint density at radius 2 is 1.56 bits per heavy atom. The monoisotopic (exact) mass is 465 g/mol. The maximum Gasteiger partial charge on any atom is 0.329 e. The van der Waals surface area contributed by atoms with E-state index in [1.165, 1.54) is 16.7 Å². The number of nitrogens with one attached hydrogen (secondary N) is 1. The molecule has 5 heteroatoms. The molecule has 164 valence electrons. The summed E-state index contributed by atoms with van der Waals surface area (Å²) < 4.78 is 0. The van der Waals surface area contributed by atoms with Gasteiger partial charge in [0.2, 0.25) is 0 Å². The molecule has 0 bridgehead atoms. The van der Waals surface area contributed by atoms with Gasteiger partial charge in [-0.2, -0.15) is 0 Å². The molecule has 0 unspecified atom stereocenters. The Bertz CT molecular complexity index is 1170. The Morgan fingerprint density at radius 1 is 0.875 bits per heavy atom. The van der Waals surface area contributed by atoms with Crippen LogP contribution in [-0.2, 0) is 16.6 Å². The fraction of sp³-hybridized carbons (Fsp3) is 0.296. The van der Waals surface area contributed by atoms with Gasteiger partial charge in [-0.15, -0.1) is 0 Å². The Kier molecular flexibility index (Phi) is 5.43. The van der Waals surface area contributed by atoms with Gasteiger partial charge >= 0.3 is 5.97 Å². The van der Waals surface area contributed by atoms with Crippen LogP contribution in [0.5, 0.6) is 0 Å². The third-order valence-electron chi connectivity index (χ3n) is 7.51. The molecule has 0 saturated heterocycles. The Labute approximate surface area is 198 Å². The largest absolute Gasteiger partial charge is 0.480 e. The standard InChI is InChI=1S/C27H25Cl2NO2/c28-20-7-3-6-18(15-20)24-16-19-5-1-2-10-23(19)26(24)11-13-27(14-12-26,25(31)32)30-22-9-4-8-21(29)17-22/h1-10,15,17,24,30H,11-14,16H2,(H,31,32)/t24-,26?,27?/m0/s1. The molecule has 5 rings (SSSR count). The van der Waals surface area contributed by atoms with Crippen molar-refractivity contribution in [1.29, 1.82) is 0 Å². The average molecular weight is 466 g/mol. The van der Waals surface area contributed by atoms with Gasteiger partial charge in [0.05, 0.1) is 0 Å². The highest BCUT2D eigenvalue weighted by Crippen LogP contribution is 2.58. The zero-order valence-electron chi connectivity index (χ0n) is 17.7. The number of hydrogen-bond donors (Lipinski definition) is 2. The number of carboxylic acids is 1. The van der Waals surface area contributed by atoms with Crippen LogP contribution in [0.15, 0.2) is 72.8 Å². The van der Waals surface area contributed by atoms with Crippen molar-refractivity contribution in [2.45, 2.75) is 49.0 Å². The maximum absolute atomic E-state index is 12.5. The lowest BCUT2D eigenvalue weighted by Crippen LogP contribution is -2.52.